The van der Waals surface area contributed by atoms with Crippen molar-refractivity contribution in [1.82, 2.24) is 15.2 Å². The predicted molar refractivity (Wildman–Crippen MR) is 42.1 cm³/mol. The standard InChI is InChI=1S/C8H7N3/c1-6-8-5-9-3-2-7(8)4-10-11-6/h2-5H,1H3/i4D. The molecule has 11 heavy (non-hydrogen) atoms. The van der Waals surface area contributed by atoms with Crippen LogP contribution in [0.2, 0.25) is 0 Å². The fourth-order valence-electron chi connectivity index (χ4n) is 0.988. The van der Waals surface area contributed by atoms with E-state index in [1.807, 2.05) is 6.92 Å². The van der Waals surface area contributed by atoms with Crippen LogP contribution in [0.5, 0.6) is 0 Å². The molecular formula is C8H7N3. The van der Waals surface area contributed by atoms with Crippen LogP contribution in [0.3, 0.4) is 0 Å². The van der Waals surface area contributed by atoms with Gasteiger partial charge in [-0.1, -0.05) is 0 Å². The lowest BCUT2D eigenvalue weighted by molar-refractivity contribution is 1.00. The van der Waals surface area contributed by atoms with E-state index in [0.717, 1.165) is 16.5 Å². The molecule has 0 aliphatic carbocycles. The van der Waals surface area contributed by atoms with Crippen LogP contribution in [-0.4, -0.2) is 15.2 Å². The molecule has 3 nitrogen and oxygen atoms in total. The molecule has 0 fully saturated rings. The van der Waals surface area contributed by atoms with Gasteiger partial charge in [-0.05, 0) is 13.0 Å². The molecule has 0 spiro atoms. The van der Waals surface area contributed by atoms with E-state index in [4.69, 9.17) is 1.37 Å². The first kappa shape index (κ1) is 5.18. The van der Waals surface area contributed by atoms with Gasteiger partial charge in [-0.2, -0.15) is 10.2 Å². The summed E-state index contributed by atoms with van der Waals surface area (Å²) in [5, 5.41) is 9.23. The lowest BCUT2D eigenvalue weighted by Crippen LogP contribution is -1.87. The van der Waals surface area contributed by atoms with Gasteiger partial charge in [-0.25, -0.2) is 0 Å². The summed E-state index contributed by atoms with van der Waals surface area (Å²) in [6, 6.07) is 1.78. The Bertz CT molecular complexity index is 387. The number of aromatic nitrogens is 3. The maximum atomic E-state index is 7.46. The van der Waals surface area contributed by atoms with Crippen molar-refractivity contribution >= 4 is 10.8 Å². The fourth-order valence-corrected chi connectivity index (χ4v) is 0.988. The average molecular weight is 146 g/mol. The molecule has 0 bridgehead atoms. The highest BCUT2D eigenvalue weighted by molar-refractivity contribution is 5.82. The molecule has 0 aliphatic rings. The van der Waals surface area contributed by atoms with Crippen molar-refractivity contribution in [3.8, 4) is 0 Å². The van der Waals surface area contributed by atoms with Gasteiger partial charge in [0.25, 0.3) is 0 Å². The van der Waals surface area contributed by atoms with Crippen LogP contribution < -0.4 is 0 Å². The van der Waals surface area contributed by atoms with E-state index >= 15 is 0 Å². The first-order valence-electron chi connectivity index (χ1n) is 3.82. The highest BCUT2D eigenvalue weighted by Crippen LogP contribution is 2.11. The summed E-state index contributed by atoms with van der Waals surface area (Å²) in [5.41, 5.74) is 0.814. The molecule has 0 radical (unpaired) electrons. The smallest absolute Gasteiger partial charge is 0.0867 e. The third-order valence-corrected chi connectivity index (χ3v) is 1.58. The summed E-state index contributed by atoms with van der Waals surface area (Å²) in [6.45, 7) is 1.86. The predicted octanol–water partition coefficient (Wildman–Crippen LogP) is 1.33. The van der Waals surface area contributed by atoms with Gasteiger partial charge in [0.2, 0.25) is 0 Å². The molecule has 2 heterocycles. The molecule has 0 unspecified atom stereocenters. The lowest BCUT2D eigenvalue weighted by Gasteiger charge is -1.96. The summed E-state index contributed by atoms with van der Waals surface area (Å²) in [7, 11) is 0. The normalized spacial score (nSPS) is 11.5. The van der Waals surface area contributed by atoms with Crippen molar-refractivity contribution in [3.05, 3.63) is 30.3 Å². The minimum Gasteiger partial charge on any atom is -0.264 e. The zero-order chi connectivity index (χ0) is 8.55. The first-order valence-corrected chi connectivity index (χ1v) is 3.32. The van der Waals surface area contributed by atoms with E-state index in [1.54, 1.807) is 18.5 Å². The first-order chi connectivity index (χ1) is 5.79. The third-order valence-electron chi connectivity index (χ3n) is 1.58. The van der Waals surface area contributed by atoms with E-state index in [1.165, 1.54) is 0 Å². The number of rotatable bonds is 0. The molecule has 0 aromatic carbocycles. The van der Waals surface area contributed by atoms with Gasteiger partial charge in [0.05, 0.1) is 13.2 Å². The number of hydrogen-bond donors (Lipinski definition) is 0. The molecular weight excluding hydrogens is 138 g/mol. The average Bonchev–Trinajstić information content (AvgIpc) is 2.12. The summed E-state index contributed by atoms with van der Waals surface area (Å²) >= 11 is 0. The maximum Gasteiger partial charge on any atom is 0.0867 e. The Kier molecular flexibility index (Phi) is 1.07. The zero-order valence-corrected chi connectivity index (χ0v) is 6.07. The van der Waals surface area contributed by atoms with Crippen LogP contribution in [0.15, 0.2) is 24.6 Å². The molecule has 0 saturated carbocycles. The molecule has 0 amide bonds. The van der Waals surface area contributed by atoms with Gasteiger partial charge >= 0.3 is 0 Å². The third kappa shape index (κ3) is 0.941. The van der Waals surface area contributed by atoms with Crippen molar-refractivity contribution in [3.63, 3.8) is 0 Å². The number of hydrogen-bond acceptors (Lipinski definition) is 3. The Labute approximate surface area is 65.5 Å². The van der Waals surface area contributed by atoms with Crippen LogP contribution in [0.25, 0.3) is 10.8 Å². The van der Waals surface area contributed by atoms with Gasteiger partial charge in [-0.3, -0.25) is 4.98 Å². The van der Waals surface area contributed by atoms with E-state index in [-0.39, 0.29) is 6.17 Å². The molecule has 2 aromatic heterocycles. The lowest BCUT2D eigenvalue weighted by atomic mass is 10.2. The molecule has 0 N–H and O–H groups in total. The SMILES string of the molecule is [2H]c1nnc(C)c2cnccc12. The van der Waals surface area contributed by atoms with E-state index in [0.29, 0.717) is 0 Å². The number of pyridine rings is 1. The number of aryl methyl sites for hydroxylation is 1. The van der Waals surface area contributed by atoms with Crippen molar-refractivity contribution < 1.29 is 1.37 Å². The molecule has 0 aliphatic heterocycles. The Morgan fingerprint density at radius 1 is 1.55 bits per heavy atom. The molecule has 54 valence electrons. The van der Waals surface area contributed by atoms with Crippen LogP contribution in [0.1, 0.15) is 7.06 Å². The van der Waals surface area contributed by atoms with Crippen molar-refractivity contribution in [1.29, 1.82) is 0 Å². The van der Waals surface area contributed by atoms with Gasteiger partial charge in [-0.15, -0.1) is 0 Å². The second-order valence-electron chi connectivity index (χ2n) is 2.32. The Balaban J connectivity index is 2.95. The van der Waals surface area contributed by atoms with Gasteiger partial charge in [0, 0.05) is 23.2 Å². The van der Waals surface area contributed by atoms with Crippen molar-refractivity contribution in [2.24, 2.45) is 0 Å². The number of fused-ring (bicyclic) bond motifs is 1. The molecule has 3 heteroatoms. The van der Waals surface area contributed by atoms with Gasteiger partial charge < -0.3 is 0 Å². The second-order valence-corrected chi connectivity index (χ2v) is 2.32. The number of nitrogens with zero attached hydrogens (tertiary/aromatic N) is 3. The van der Waals surface area contributed by atoms with Crippen LogP contribution in [0, 0.1) is 6.92 Å². The van der Waals surface area contributed by atoms with E-state index < -0.39 is 0 Å². The van der Waals surface area contributed by atoms with Crippen molar-refractivity contribution in [2.75, 3.05) is 0 Å². The monoisotopic (exact) mass is 146 g/mol. The van der Waals surface area contributed by atoms with Crippen LogP contribution >= 0.6 is 0 Å². The second kappa shape index (κ2) is 2.27. The molecule has 2 rings (SSSR count). The highest BCUT2D eigenvalue weighted by Gasteiger charge is 1.95. The minimum absolute atomic E-state index is 0.206. The largest absolute Gasteiger partial charge is 0.264 e. The van der Waals surface area contributed by atoms with Crippen LogP contribution in [-0.2, 0) is 0 Å². The Morgan fingerprint density at radius 3 is 3.27 bits per heavy atom. The molecule has 2 aromatic rings. The highest BCUT2D eigenvalue weighted by atomic mass is 15.1. The Hall–Kier alpha value is -1.51. The zero-order valence-electron chi connectivity index (χ0n) is 7.07. The van der Waals surface area contributed by atoms with Gasteiger partial charge in [0.1, 0.15) is 0 Å². The molecule has 0 saturated heterocycles. The minimum atomic E-state index is 0.206. The van der Waals surface area contributed by atoms with Crippen LogP contribution in [0.4, 0.5) is 0 Å². The fraction of sp³-hybridized carbons (Fsp3) is 0.125. The van der Waals surface area contributed by atoms with Crippen molar-refractivity contribution in [2.45, 2.75) is 6.92 Å². The summed E-state index contributed by atoms with van der Waals surface area (Å²) in [5.74, 6) is 0. The maximum absolute atomic E-state index is 7.46. The van der Waals surface area contributed by atoms with E-state index in [9.17, 15) is 0 Å². The summed E-state index contributed by atoms with van der Waals surface area (Å²) in [6.07, 6.45) is 3.57. The van der Waals surface area contributed by atoms with Gasteiger partial charge in [0.15, 0.2) is 0 Å². The topological polar surface area (TPSA) is 38.7 Å². The summed E-state index contributed by atoms with van der Waals surface area (Å²) in [4.78, 5) is 3.96. The quantitative estimate of drug-likeness (QED) is 0.562. The van der Waals surface area contributed by atoms with E-state index in [2.05, 4.69) is 15.2 Å². The molecule has 0 atom stereocenters. The summed E-state index contributed by atoms with van der Waals surface area (Å²) < 4.78 is 7.46. The Morgan fingerprint density at radius 2 is 2.45 bits per heavy atom.